The van der Waals surface area contributed by atoms with E-state index in [4.69, 9.17) is 19.9 Å². The number of carbonyl (C=O) groups is 1. The van der Waals surface area contributed by atoms with Crippen molar-refractivity contribution in [1.82, 2.24) is 9.29 Å². The number of pyridine rings is 1. The van der Waals surface area contributed by atoms with Gasteiger partial charge in [-0.2, -0.15) is 4.31 Å². The van der Waals surface area contributed by atoms with Gasteiger partial charge < -0.3 is 19.9 Å². The monoisotopic (exact) mass is 419 g/mol. The fourth-order valence-electron chi connectivity index (χ4n) is 3.36. The second kappa shape index (κ2) is 7.88. The third-order valence-corrected chi connectivity index (χ3v) is 6.64. The van der Waals surface area contributed by atoms with Crippen LogP contribution in [0, 0.1) is 0 Å². The Balaban J connectivity index is 1.50. The number of nitrogens with zero attached hydrogens (tertiary/aromatic N) is 2. The molecule has 9 nitrogen and oxygen atoms in total. The Morgan fingerprint density at radius 2 is 1.97 bits per heavy atom. The van der Waals surface area contributed by atoms with Gasteiger partial charge in [0, 0.05) is 24.9 Å². The zero-order valence-corrected chi connectivity index (χ0v) is 16.4. The molecule has 1 unspecified atom stereocenters. The van der Waals surface area contributed by atoms with E-state index >= 15 is 0 Å². The number of hydrogen-bond acceptors (Lipinski definition) is 7. The van der Waals surface area contributed by atoms with Crippen LogP contribution < -0.4 is 19.9 Å². The van der Waals surface area contributed by atoms with Crippen LogP contribution in [0.15, 0.2) is 41.4 Å². The lowest BCUT2D eigenvalue weighted by molar-refractivity contribution is 0.0993. The van der Waals surface area contributed by atoms with E-state index in [2.05, 4.69) is 4.98 Å². The van der Waals surface area contributed by atoms with E-state index in [0.29, 0.717) is 49.8 Å². The molecule has 154 valence electrons. The minimum Gasteiger partial charge on any atom is -0.489 e. The smallest absolute Gasteiger partial charge is 0.267 e. The maximum absolute atomic E-state index is 13.1. The average Bonchev–Trinajstić information content (AvgIpc) is 2.74. The molecule has 1 atom stereocenters. The molecule has 1 saturated heterocycles. The fourth-order valence-corrected chi connectivity index (χ4v) is 4.89. The summed E-state index contributed by atoms with van der Waals surface area (Å²) in [4.78, 5) is 15.3. The molecule has 0 saturated carbocycles. The number of hydrogen-bond donors (Lipinski definition) is 1. The van der Waals surface area contributed by atoms with Crippen LogP contribution in [-0.2, 0) is 10.0 Å². The second-order valence-corrected chi connectivity index (χ2v) is 8.73. The molecule has 0 bridgehead atoms. The van der Waals surface area contributed by atoms with Crippen molar-refractivity contribution >= 4 is 15.9 Å². The quantitative estimate of drug-likeness (QED) is 0.772. The van der Waals surface area contributed by atoms with Crippen molar-refractivity contribution in [2.45, 2.75) is 23.8 Å². The topological polar surface area (TPSA) is 121 Å². The number of rotatable bonds is 5. The van der Waals surface area contributed by atoms with E-state index in [0.717, 1.165) is 0 Å². The van der Waals surface area contributed by atoms with Crippen molar-refractivity contribution in [2.75, 3.05) is 26.3 Å². The van der Waals surface area contributed by atoms with Crippen molar-refractivity contribution in [3.8, 4) is 17.2 Å². The first-order valence-electron chi connectivity index (χ1n) is 9.26. The molecular formula is C19H21N3O6S. The molecule has 1 fully saturated rings. The van der Waals surface area contributed by atoms with E-state index in [-0.39, 0.29) is 23.2 Å². The normalized spacial score (nSPS) is 19.5. The van der Waals surface area contributed by atoms with E-state index in [1.165, 1.54) is 28.7 Å². The Labute approximate surface area is 168 Å². The lowest BCUT2D eigenvalue weighted by atomic mass is 10.1. The molecule has 0 radical (unpaired) electrons. The first-order valence-corrected chi connectivity index (χ1v) is 10.7. The molecule has 3 heterocycles. The number of sulfonamides is 1. The maximum Gasteiger partial charge on any atom is 0.267 e. The summed E-state index contributed by atoms with van der Waals surface area (Å²) in [6.07, 6.45) is 2.44. The van der Waals surface area contributed by atoms with Crippen LogP contribution >= 0.6 is 0 Å². The lowest BCUT2D eigenvalue weighted by Crippen LogP contribution is -2.44. The minimum absolute atomic E-state index is 0.0964. The van der Waals surface area contributed by atoms with E-state index in [1.54, 1.807) is 12.1 Å². The molecular weight excluding hydrogens is 398 g/mol. The standard InChI is InChI=1S/C19H21N3O6S/c20-19(23)16-10-13(5-6-21-16)28-14-2-1-7-22(12-14)29(24,25)15-3-4-17-18(11-15)27-9-8-26-17/h3-6,10-11,14H,1-2,7-9,12H2,(H2,20,23). The molecule has 1 amide bonds. The molecule has 1 aromatic carbocycles. The highest BCUT2D eigenvalue weighted by Crippen LogP contribution is 2.34. The zero-order valence-electron chi connectivity index (χ0n) is 15.6. The molecule has 2 N–H and O–H groups in total. The average molecular weight is 419 g/mol. The minimum atomic E-state index is -3.71. The van der Waals surface area contributed by atoms with Crippen molar-refractivity contribution < 1.29 is 27.4 Å². The number of benzene rings is 1. The van der Waals surface area contributed by atoms with E-state index < -0.39 is 15.9 Å². The van der Waals surface area contributed by atoms with Crippen LogP contribution in [0.4, 0.5) is 0 Å². The summed E-state index contributed by atoms with van der Waals surface area (Å²) in [6.45, 7) is 1.43. The summed E-state index contributed by atoms with van der Waals surface area (Å²) in [5, 5.41) is 0. The number of nitrogens with two attached hydrogens (primary N) is 1. The summed E-state index contributed by atoms with van der Waals surface area (Å²) in [5.74, 6) is 0.746. The zero-order chi connectivity index (χ0) is 20.4. The van der Waals surface area contributed by atoms with Gasteiger partial charge in [0.15, 0.2) is 11.5 Å². The molecule has 0 aliphatic carbocycles. The van der Waals surface area contributed by atoms with Gasteiger partial charge in [0.05, 0.1) is 11.4 Å². The van der Waals surface area contributed by atoms with Gasteiger partial charge in [0.1, 0.15) is 30.8 Å². The molecule has 1 aromatic heterocycles. The molecule has 2 aliphatic heterocycles. The number of piperidine rings is 1. The summed E-state index contributed by atoms with van der Waals surface area (Å²) < 4.78 is 44.5. The Hall–Kier alpha value is -2.85. The van der Waals surface area contributed by atoms with Gasteiger partial charge >= 0.3 is 0 Å². The van der Waals surface area contributed by atoms with Crippen LogP contribution in [0.1, 0.15) is 23.3 Å². The van der Waals surface area contributed by atoms with E-state index in [9.17, 15) is 13.2 Å². The number of fused-ring (bicyclic) bond motifs is 1. The Morgan fingerprint density at radius 3 is 2.76 bits per heavy atom. The molecule has 0 spiro atoms. The number of carbonyl (C=O) groups excluding carboxylic acids is 1. The lowest BCUT2D eigenvalue weighted by Gasteiger charge is -2.32. The number of aromatic nitrogens is 1. The predicted octanol–water partition coefficient (Wildman–Crippen LogP) is 1.18. The number of amides is 1. The number of primary amides is 1. The predicted molar refractivity (Wildman–Crippen MR) is 103 cm³/mol. The first-order chi connectivity index (χ1) is 13.9. The summed E-state index contributed by atoms with van der Waals surface area (Å²) in [7, 11) is -3.71. The first kappa shape index (κ1) is 19.5. The van der Waals surface area contributed by atoms with Gasteiger partial charge in [-0.15, -0.1) is 0 Å². The van der Waals surface area contributed by atoms with Gasteiger partial charge in [0.25, 0.3) is 5.91 Å². The van der Waals surface area contributed by atoms with Crippen LogP contribution in [0.25, 0.3) is 0 Å². The van der Waals surface area contributed by atoms with Gasteiger partial charge in [-0.3, -0.25) is 9.78 Å². The summed E-state index contributed by atoms with van der Waals surface area (Å²) in [5.41, 5.74) is 5.34. The highest BCUT2D eigenvalue weighted by molar-refractivity contribution is 7.89. The largest absolute Gasteiger partial charge is 0.489 e. The Morgan fingerprint density at radius 1 is 1.17 bits per heavy atom. The molecule has 2 aromatic rings. The Bertz CT molecular complexity index is 1030. The van der Waals surface area contributed by atoms with Crippen LogP contribution in [0.3, 0.4) is 0 Å². The maximum atomic E-state index is 13.1. The highest BCUT2D eigenvalue weighted by Gasteiger charge is 2.32. The summed E-state index contributed by atoms with van der Waals surface area (Å²) >= 11 is 0. The van der Waals surface area contributed by atoms with Crippen LogP contribution in [-0.4, -0.2) is 56.0 Å². The van der Waals surface area contributed by atoms with E-state index in [1.807, 2.05) is 0 Å². The Kier molecular flexibility index (Phi) is 5.29. The number of ether oxygens (including phenoxy) is 3. The van der Waals surface area contributed by atoms with Gasteiger partial charge in [0.2, 0.25) is 10.0 Å². The fraction of sp³-hybridized carbons (Fsp3) is 0.368. The van der Waals surface area contributed by atoms with Crippen molar-refractivity contribution in [2.24, 2.45) is 5.73 Å². The van der Waals surface area contributed by atoms with Crippen LogP contribution in [0.5, 0.6) is 17.2 Å². The van der Waals surface area contributed by atoms with Crippen molar-refractivity contribution in [3.05, 3.63) is 42.2 Å². The summed E-state index contributed by atoms with van der Waals surface area (Å²) in [6, 6.07) is 7.70. The molecule has 4 rings (SSSR count). The SMILES string of the molecule is NC(=O)c1cc(OC2CCCN(S(=O)(=O)c3ccc4c(c3)OCCO4)C2)ccn1. The van der Waals surface area contributed by atoms with Gasteiger partial charge in [-0.25, -0.2) is 8.42 Å². The third-order valence-electron chi connectivity index (χ3n) is 4.78. The third kappa shape index (κ3) is 4.13. The molecule has 10 heteroatoms. The van der Waals surface area contributed by atoms with Crippen LogP contribution in [0.2, 0.25) is 0 Å². The second-order valence-electron chi connectivity index (χ2n) is 6.79. The van der Waals surface area contributed by atoms with Gasteiger partial charge in [-0.1, -0.05) is 0 Å². The molecule has 2 aliphatic rings. The van der Waals surface area contributed by atoms with Crippen molar-refractivity contribution in [3.63, 3.8) is 0 Å². The highest BCUT2D eigenvalue weighted by atomic mass is 32.2. The molecule has 29 heavy (non-hydrogen) atoms. The van der Waals surface area contributed by atoms with Gasteiger partial charge in [-0.05, 0) is 31.0 Å². The van der Waals surface area contributed by atoms with Crippen molar-refractivity contribution in [1.29, 1.82) is 0 Å².